The lowest BCUT2D eigenvalue weighted by molar-refractivity contribution is 0.587. The van der Waals surface area contributed by atoms with E-state index >= 15 is 0 Å². The van der Waals surface area contributed by atoms with Gasteiger partial charge >= 0.3 is 0 Å². The van der Waals surface area contributed by atoms with Crippen LogP contribution in [0.1, 0.15) is 39.2 Å². The van der Waals surface area contributed by atoms with Gasteiger partial charge in [0.2, 0.25) is 0 Å². The first kappa shape index (κ1) is 15.8. The summed E-state index contributed by atoms with van der Waals surface area (Å²) in [5, 5.41) is -0.396. The van der Waals surface area contributed by atoms with Crippen molar-refractivity contribution in [3.05, 3.63) is 54.1 Å². The number of rotatable bonds is 4. The Kier molecular flexibility index (Phi) is 4.52. The van der Waals surface area contributed by atoms with Crippen LogP contribution in [0.25, 0.3) is 11.1 Å². The first-order chi connectivity index (χ1) is 9.82. The lowest BCUT2D eigenvalue weighted by Crippen LogP contribution is -2.13. The minimum absolute atomic E-state index is 0.390. The van der Waals surface area contributed by atoms with Crippen molar-refractivity contribution in [2.24, 2.45) is 0 Å². The summed E-state index contributed by atoms with van der Waals surface area (Å²) in [5.41, 5.74) is 3.45. The summed E-state index contributed by atoms with van der Waals surface area (Å²) in [6.45, 7) is 7.74. The zero-order valence-corrected chi connectivity index (χ0v) is 13.8. The summed E-state index contributed by atoms with van der Waals surface area (Å²) in [4.78, 5) is 0.390. The van der Waals surface area contributed by atoms with Crippen molar-refractivity contribution >= 4 is 9.84 Å². The maximum atomic E-state index is 12.1. The van der Waals surface area contributed by atoms with Crippen molar-refractivity contribution < 1.29 is 8.42 Å². The number of sulfone groups is 1. The smallest absolute Gasteiger partial charge is 0.180 e. The third kappa shape index (κ3) is 3.35. The van der Waals surface area contributed by atoms with Gasteiger partial charge in [-0.25, -0.2) is 8.42 Å². The summed E-state index contributed by atoms with van der Waals surface area (Å²) in [6, 6.07) is 15.5. The predicted octanol–water partition coefficient (Wildman–Crippen LogP) is 4.66. The van der Waals surface area contributed by atoms with Gasteiger partial charge in [0, 0.05) is 0 Å². The van der Waals surface area contributed by atoms with Crippen molar-refractivity contribution in [1.29, 1.82) is 0 Å². The number of hydrogen-bond donors (Lipinski definition) is 0. The average molecular weight is 302 g/mol. The van der Waals surface area contributed by atoms with Gasteiger partial charge in [-0.3, -0.25) is 0 Å². The van der Waals surface area contributed by atoms with E-state index in [-0.39, 0.29) is 0 Å². The second kappa shape index (κ2) is 6.02. The fraction of sp³-hybridized carbons (Fsp3) is 0.333. The van der Waals surface area contributed by atoms with Crippen LogP contribution in [0.5, 0.6) is 0 Å². The molecule has 2 rings (SSSR count). The van der Waals surface area contributed by atoms with Crippen LogP contribution in [0.2, 0.25) is 0 Å². The topological polar surface area (TPSA) is 34.1 Å². The molecule has 0 aromatic heterocycles. The molecule has 0 fully saturated rings. The minimum Gasteiger partial charge on any atom is -0.223 e. The molecule has 0 bridgehead atoms. The Bertz CT molecular complexity index is 711. The van der Waals surface area contributed by atoms with E-state index in [1.165, 1.54) is 5.56 Å². The third-order valence-corrected chi connectivity index (χ3v) is 5.86. The van der Waals surface area contributed by atoms with Gasteiger partial charge in [-0.15, -0.1) is 0 Å². The lowest BCUT2D eigenvalue weighted by Gasteiger charge is -2.10. The minimum atomic E-state index is -3.20. The Labute approximate surface area is 127 Å². The quantitative estimate of drug-likeness (QED) is 0.823. The zero-order valence-electron chi connectivity index (χ0n) is 13.0. The molecule has 0 aliphatic carbocycles. The molecule has 0 saturated heterocycles. The van der Waals surface area contributed by atoms with Gasteiger partial charge in [0.15, 0.2) is 9.84 Å². The van der Waals surface area contributed by atoms with Gasteiger partial charge in [-0.2, -0.15) is 0 Å². The fourth-order valence-corrected chi connectivity index (χ4v) is 3.25. The molecule has 0 atom stereocenters. The molecule has 0 radical (unpaired) electrons. The first-order valence-electron chi connectivity index (χ1n) is 7.26. The molecule has 0 unspecified atom stereocenters. The van der Waals surface area contributed by atoms with E-state index in [0.29, 0.717) is 10.8 Å². The summed E-state index contributed by atoms with van der Waals surface area (Å²) < 4.78 is 24.2. The highest BCUT2D eigenvalue weighted by molar-refractivity contribution is 7.92. The summed E-state index contributed by atoms with van der Waals surface area (Å²) >= 11 is 0. The average Bonchev–Trinajstić information content (AvgIpc) is 2.47. The van der Waals surface area contributed by atoms with Crippen LogP contribution in [-0.2, 0) is 9.84 Å². The summed E-state index contributed by atoms with van der Waals surface area (Å²) in [5.74, 6) is 0.477. The van der Waals surface area contributed by atoms with Crippen LogP contribution in [0.3, 0.4) is 0 Å². The third-order valence-electron chi connectivity index (χ3n) is 3.69. The molecule has 2 aromatic rings. The van der Waals surface area contributed by atoms with Crippen LogP contribution in [0.4, 0.5) is 0 Å². The molecular weight excluding hydrogens is 280 g/mol. The molecule has 0 aliphatic heterocycles. The Morgan fingerprint density at radius 3 is 1.95 bits per heavy atom. The predicted molar refractivity (Wildman–Crippen MR) is 88.3 cm³/mol. The maximum absolute atomic E-state index is 12.1. The van der Waals surface area contributed by atoms with Crippen molar-refractivity contribution in [2.45, 2.75) is 43.8 Å². The molecule has 0 amide bonds. The molecule has 0 aliphatic rings. The first-order valence-corrected chi connectivity index (χ1v) is 8.81. The highest BCUT2D eigenvalue weighted by Gasteiger charge is 2.18. The van der Waals surface area contributed by atoms with Crippen LogP contribution in [-0.4, -0.2) is 13.7 Å². The molecule has 3 heteroatoms. The van der Waals surface area contributed by atoms with Crippen LogP contribution >= 0.6 is 0 Å². The molecular formula is C18H22O2S. The van der Waals surface area contributed by atoms with Crippen LogP contribution in [0.15, 0.2) is 53.4 Å². The highest BCUT2D eigenvalue weighted by atomic mass is 32.2. The molecule has 0 heterocycles. The highest BCUT2D eigenvalue weighted by Crippen LogP contribution is 2.26. The van der Waals surface area contributed by atoms with Crippen molar-refractivity contribution in [2.75, 3.05) is 0 Å². The monoisotopic (exact) mass is 302 g/mol. The lowest BCUT2D eigenvalue weighted by atomic mass is 9.97. The Balaban J connectivity index is 2.38. The van der Waals surface area contributed by atoms with Gasteiger partial charge < -0.3 is 0 Å². The van der Waals surface area contributed by atoms with Crippen molar-refractivity contribution in [1.82, 2.24) is 0 Å². The van der Waals surface area contributed by atoms with Crippen molar-refractivity contribution in [3.8, 4) is 11.1 Å². The standard InChI is InChI=1S/C18H22O2S/c1-13(2)16-6-5-7-17(12-16)15-8-10-18(11-9-15)21(19,20)14(3)4/h5-14H,1-4H3. The van der Waals surface area contributed by atoms with Gasteiger partial charge in [-0.05, 0) is 48.6 Å². The Morgan fingerprint density at radius 1 is 0.810 bits per heavy atom. The van der Waals surface area contributed by atoms with E-state index in [0.717, 1.165) is 11.1 Å². The molecule has 2 nitrogen and oxygen atoms in total. The van der Waals surface area contributed by atoms with Gasteiger partial charge in [-0.1, -0.05) is 50.2 Å². The summed E-state index contributed by atoms with van der Waals surface area (Å²) in [6.07, 6.45) is 0. The largest absolute Gasteiger partial charge is 0.223 e. The molecule has 0 saturated carbocycles. The number of hydrogen-bond acceptors (Lipinski definition) is 2. The zero-order chi connectivity index (χ0) is 15.6. The van der Waals surface area contributed by atoms with E-state index < -0.39 is 15.1 Å². The SMILES string of the molecule is CC(C)c1cccc(-c2ccc(S(=O)(=O)C(C)C)cc2)c1. The second-order valence-corrected chi connectivity index (χ2v) is 8.40. The van der Waals surface area contributed by atoms with Crippen LogP contribution in [0, 0.1) is 0 Å². The Hall–Kier alpha value is -1.61. The van der Waals surface area contributed by atoms with E-state index in [1.54, 1.807) is 26.0 Å². The van der Waals surface area contributed by atoms with Gasteiger partial charge in [0.05, 0.1) is 10.1 Å². The van der Waals surface area contributed by atoms with E-state index in [1.807, 2.05) is 18.2 Å². The maximum Gasteiger partial charge on any atom is 0.180 e. The van der Waals surface area contributed by atoms with Crippen molar-refractivity contribution in [3.63, 3.8) is 0 Å². The van der Waals surface area contributed by atoms with E-state index in [4.69, 9.17) is 0 Å². The molecule has 2 aromatic carbocycles. The molecule has 0 spiro atoms. The normalized spacial score (nSPS) is 12.1. The molecule has 112 valence electrons. The van der Waals surface area contributed by atoms with E-state index in [2.05, 4.69) is 32.0 Å². The van der Waals surface area contributed by atoms with Gasteiger partial charge in [0.1, 0.15) is 0 Å². The molecule has 21 heavy (non-hydrogen) atoms. The van der Waals surface area contributed by atoms with Gasteiger partial charge in [0.25, 0.3) is 0 Å². The number of benzene rings is 2. The van der Waals surface area contributed by atoms with E-state index in [9.17, 15) is 8.42 Å². The van der Waals surface area contributed by atoms with Crippen LogP contribution < -0.4 is 0 Å². The molecule has 0 N–H and O–H groups in total. The fourth-order valence-electron chi connectivity index (χ4n) is 2.19. The second-order valence-electron chi connectivity index (χ2n) is 5.90. The Morgan fingerprint density at radius 2 is 1.43 bits per heavy atom. The summed E-state index contributed by atoms with van der Waals surface area (Å²) in [7, 11) is -3.20.